The zero-order valence-electron chi connectivity index (χ0n) is 8.44. The normalized spacial score (nSPS) is 12.4. The Labute approximate surface area is 89.8 Å². The van der Waals surface area contributed by atoms with E-state index >= 15 is 0 Å². The molecule has 76 valence electrons. The van der Waals surface area contributed by atoms with Crippen LogP contribution in [0.3, 0.4) is 0 Å². The Hall–Kier alpha value is -0.800. The van der Waals surface area contributed by atoms with Gasteiger partial charge in [-0.25, -0.2) is 4.98 Å². The van der Waals surface area contributed by atoms with Crippen molar-refractivity contribution in [3.8, 4) is 0 Å². The third kappa shape index (κ3) is 4.44. The monoisotopic (exact) mass is 208 g/mol. The van der Waals surface area contributed by atoms with E-state index in [-0.39, 0.29) is 0 Å². The van der Waals surface area contributed by atoms with Gasteiger partial charge in [0.1, 0.15) is 0 Å². The molecule has 0 radical (unpaired) electrons. The second-order valence-corrected chi connectivity index (χ2v) is 4.50. The predicted octanol–water partition coefficient (Wildman–Crippen LogP) is 2.34. The molecule has 1 unspecified atom stereocenters. The Morgan fingerprint density at radius 3 is 3.14 bits per heavy atom. The van der Waals surface area contributed by atoms with Gasteiger partial charge in [-0.05, 0) is 12.1 Å². The minimum absolute atomic E-state index is 0.532. The SMILES string of the molecule is C=CCNCC(C)Sc1ccccn1. The van der Waals surface area contributed by atoms with Crippen molar-refractivity contribution in [2.75, 3.05) is 13.1 Å². The van der Waals surface area contributed by atoms with Crippen LogP contribution in [0, 0.1) is 0 Å². The fraction of sp³-hybridized carbons (Fsp3) is 0.364. The van der Waals surface area contributed by atoms with Crippen molar-refractivity contribution in [1.82, 2.24) is 10.3 Å². The van der Waals surface area contributed by atoms with E-state index in [0.29, 0.717) is 5.25 Å². The molecule has 1 aromatic heterocycles. The molecule has 1 heterocycles. The van der Waals surface area contributed by atoms with Gasteiger partial charge >= 0.3 is 0 Å². The average Bonchev–Trinajstić information content (AvgIpc) is 2.20. The van der Waals surface area contributed by atoms with Gasteiger partial charge < -0.3 is 5.32 Å². The van der Waals surface area contributed by atoms with Crippen LogP contribution < -0.4 is 5.32 Å². The standard InChI is InChI=1S/C11H16N2S/c1-3-7-12-9-10(2)14-11-6-4-5-8-13-11/h3-6,8,10,12H,1,7,9H2,2H3. The molecule has 0 fully saturated rings. The van der Waals surface area contributed by atoms with E-state index in [4.69, 9.17) is 0 Å². The zero-order chi connectivity index (χ0) is 10.2. The van der Waals surface area contributed by atoms with E-state index in [1.807, 2.05) is 30.5 Å². The van der Waals surface area contributed by atoms with Gasteiger partial charge in [-0.3, -0.25) is 0 Å². The molecular weight excluding hydrogens is 192 g/mol. The lowest BCUT2D eigenvalue weighted by atomic mass is 10.4. The van der Waals surface area contributed by atoms with Crippen molar-refractivity contribution in [2.45, 2.75) is 17.2 Å². The Balaban J connectivity index is 2.26. The minimum Gasteiger partial charge on any atom is -0.312 e. The minimum atomic E-state index is 0.532. The van der Waals surface area contributed by atoms with Crippen molar-refractivity contribution < 1.29 is 0 Å². The Bertz CT molecular complexity index is 261. The summed E-state index contributed by atoms with van der Waals surface area (Å²) in [6.07, 6.45) is 3.70. The van der Waals surface area contributed by atoms with E-state index in [9.17, 15) is 0 Å². The van der Waals surface area contributed by atoms with Gasteiger partial charge in [-0.15, -0.1) is 18.3 Å². The summed E-state index contributed by atoms with van der Waals surface area (Å²) in [7, 11) is 0. The van der Waals surface area contributed by atoms with E-state index in [1.54, 1.807) is 11.8 Å². The number of aromatic nitrogens is 1. The first-order chi connectivity index (χ1) is 6.83. The molecular formula is C11H16N2S. The van der Waals surface area contributed by atoms with Crippen LogP contribution in [0.25, 0.3) is 0 Å². The molecule has 0 aliphatic heterocycles. The number of nitrogens with one attached hydrogen (secondary N) is 1. The molecule has 0 saturated carbocycles. The van der Waals surface area contributed by atoms with E-state index in [1.165, 1.54) is 0 Å². The Morgan fingerprint density at radius 1 is 1.64 bits per heavy atom. The molecule has 0 spiro atoms. The topological polar surface area (TPSA) is 24.9 Å². The Kier molecular flexibility index (Phi) is 5.33. The highest BCUT2D eigenvalue weighted by molar-refractivity contribution is 7.99. The van der Waals surface area contributed by atoms with Crippen molar-refractivity contribution in [1.29, 1.82) is 0 Å². The van der Waals surface area contributed by atoms with Crippen molar-refractivity contribution in [3.05, 3.63) is 37.1 Å². The first-order valence-corrected chi connectivity index (χ1v) is 5.60. The summed E-state index contributed by atoms with van der Waals surface area (Å²) in [4.78, 5) is 4.26. The van der Waals surface area contributed by atoms with Crippen LogP contribution in [-0.4, -0.2) is 23.3 Å². The van der Waals surface area contributed by atoms with Crippen LogP contribution in [0.15, 0.2) is 42.1 Å². The summed E-state index contributed by atoms with van der Waals surface area (Å²) < 4.78 is 0. The first kappa shape index (κ1) is 11.3. The fourth-order valence-electron chi connectivity index (χ4n) is 1.05. The van der Waals surface area contributed by atoms with Crippen LogP contribution in [0.4, 0.5) is 0 Å². The average molecular weight is 208 g/mol. The third-order valence-electron chi connectivity index (χ3n) is 1.68. The lowest BCUT2D eigenvalue weighted by molar-refractivity contribution is 0.739. The van der Waals surface area contributed by atoms with E-state index < -0.39 is 0 Å². The van der Waals surface area contributed by atoms with Gasteiger partial charge in [-0.2, -0.15) is 0 Å². The molecule has 0 saturated heterocycles. The number of thioether (sulfide) groups is 1. The number of nitrogens with zero attached hydrogens (tertiary/aromatic N) is 1. The van der Waals surface area contributed by atoms with Gasteiger partial charge in [0.05, 0.1) is 5.03 Å². The molecule has 2 nitrogen and oxygen atoms in total. The van der Waals surface area contributed by atoms with Crippen LogP contribution in [0.5, 0.6) is 0 Å². The molecule has 0 amide bonds. The van der Waals surface area contributed by atoms with E-state index in [2.05, 4.69) is 23.8 Å². The van der Waals surface area contributed by atoms with Gasteiger partial charge in [0.2, 0.25) is 0 Å². The van der Waals surface area contributed by atoms with E-state index in [0.717, 1.165) is 18.1 Å². The second kappa shape index (κ2) is 6.62. The summed E-state index contributed by atoms with van der Waals surface area (Å²) >= 11 is 1.79. The van der Waals surface area contributed by atoms with Gasteiger partial charge in [0, 0.05) is 24.5 Å². The highest BCUT2D eigenvalue weighted by Gasteiger charge is 2.03. The highest BCUT2D eigenvalue weighted by atomic mass is 32.2. The second-order valence-electron chi connectivity index (χ2n) is 3.04. The van der Waals surface area contributed by atoms with Crippen molar-refractivity contribution >= 4 is 11.8 Å². The lowest BCUT2D eigenvalue weighted by Crippen LogP contribution is -2.22. The van der Waals surface area contributed by atoms with Gasteiger partial charge in [0.15, 0.2) is 0 Å². The summed E-state index contributed by atoms with van der Waals surface area (Å²) in [5, 5.41) is 4.90. The molecule has 0 bridgehead atoms. The summed E-state index contributed by atoms with van der Waals surface area (Å²) in [5.74, 6) is 0. The number of hydrogen-bond donors (Lipinski definition) is 1. The summed E-state index contributed by atoms with van der Waals surface area (Å²) in [5.41, 5.74) is 0. The number of hydrogen-bond acceptors (Lipinski definition) is 3. The maximum atomic E-state index is 4.26. The van der Waals surface area contributed by atoms with Gasteiger partial charge in [0.25, 0.3) is 0 Å². The molecule has 0 aliphatic carbocycles. The maximum Gasteiger partial charge on any atom is 0.0962 e. The number of pyridine rings is 1. The maximum absolute atomic E-state index is 4.26. The predicted molar refractivity (Wildman–Crippen MR) is 62.6 cm³/mol. The highest BCUT2D eigenvalue weighted by Crippen LogP contribution is 2.19. The van der Waals surface area contributed by atoms with Crippen LogP contribution in [0.1, 0.15) is 6.92 Å². The summed E-state index contributed by atoms with van der Waals surface area (Å²) in [6.45, 7) is 7.70. The molecule has 1 aromatic rings. The molecule has 1 N–H and O–H groups in total. The van der Waals surface area contributed by atoms with Crippen molar-refractivity contribution in [3.63, 3.8) is 0 Å². The largest absolute Gasteiger partial charge is 0.312 e. The molecule has 1 atom stereocenters. The molecule has 14 heavy (non-hydrogen) atoms. The molecule has 3 heteroatoms. The summed E-state index contributed by atoms with van der Waals surface area (Å²) in [6, 6.07) is 5.98. The van der Waals surface area contributed by atoms with Gasteiger partial charge in [-0.1, -0.05) is 19.1 Å². The van der Waals surface area contributed by atoms with Crippen molar-refractivity contribution in [2.24, 2.45) is 0 Å². The smallest absolute Gasteiger partial charge is 0.0962 e. The lowest BCUT2D eigenvalue weighted by Gasteiger charge is -2.10. The van der Waals surface area contributed by atoms with Crippen LogP contribution in [-0.2, 0) is 0 Å². The molecule has 1 rings (SSSR count). The fourth-order valence-corrected chi connectivity index (χ4v) is 1.95. The van der Waals surface area contributed by atoms with Crippen LogP contribution >= 0.6 is 11.8 Å². The zero-order valence-corrected chi connectivity index (χ0v) is 9.26. The molecule has 0 aliphatic rings. The quantitative estimate of drug-likeness (QED) is 0.441. The number of rotatable bonds is 6. The third-order valence-corrected chi connectivity index (χ3v) is 2.73. The molecule has 0 aromatic carbocycles. The van der Waals surface area contributed by atoms with Crippen LogP contribution in [0.2, 0.25) is 0 Å². The Morgan fingerprint density at radius 2 is 2.50 bits per heavy atom. The first-order valence-electron chi connectivity index (χ1n) is 4.72.